The van der Waals surface area contributed by atoms with Crippen molar-refractivity contribution in [3.63, 3.8) is 0 Å². The van der Waals surface area contributed by atoms with Gasteiger partial charge < -0.3 is 10.5 Å². The zero-order valence-electron chi connectivity index (χ0n) is 9.68. The molecular weight excluding hydrogens is 198 g/mol. The molecule has 0 amide bonds. The van der Waals surface area contributed by atoms with Crippen molar-refractivity contribution in [2.75, 3.05) is 0 Å². The van der Waals surface area contributed by atoms with Crippen LogP contribution in [-0.4, -0.2) is 12.1 Å². The maximum atomic E-state index is 5.77. The summed E-state index contributed by atoms with van der Waals surface area (Å²) < 4.78 is 5.76. The summed E-state index contributed by atoms with van der Waals surface area (Å²) in [5, 5.41) is 2.42. The predicted octanol–water partition coefficient (Wildman–Crippen LogP) is 2.95. The van der Waals surface area contributed by atoms with E-state index < -0.39 is 0 Å². The molecular formula is C14H17NO. The topological polar surface area (TPSA) is 35.2 Å². The molecule has 1 unspecified atom stereocenters. The Morgan fingerprint density at radius 1 is 1.00 bits per heavy atom. The standard InChI is InChI=1S/C14H17NO/c1-10(15)11(2)16-14-8-7-12-5-3-4-6-13(12)9-14/h3-11H,15H2,1-2H3/t10-,11?/m1/s1. The maximum Gasteiger partial charge on any atom is 0.120 e. The minimum Gasteiger partial charge on any atom is -0.489 e. The molecule has 0 aliphatic heterocycles. The van der Waals surface area contributed by atoms with Gasteiger partial charge in [-0.05, 0) is 36.8 Å². The Kier molecular flexibility index (Phi) is 3.11. The van der Waals surface area contributed by atoms with Crippen LogP contribution in [0.1, 0.15) is 13.8 Å². The van der Waals surface area contributed by atoms with Crippen LogP contribution in [0.15, 0.2) is 42.5 Å². The molecule has 0 spiro atoms. The van der Waals surface area contributed by atoms with Crippen molar-refractivity contribution in [3.8, 4) is 5.75 Å². The first kappa shape index (κ1) is 11.0. The average molecular weight is 215 g/mol. The van der Waals surface area contributed by atoms with Gasteiger partial charge in [0.2, 0.25) is 0 Å². The Balaban J connectivity index is 2.26. The zero-order chi connectivity index (χ0) is 11.5. The highest BCUT2D eigenvalue weighted by molar-refractivity contribution is 5.83. The van der Waals surface area contributed by atoms with Crippen molar-refractivity contribution in [1.82, 2.24) is 0 Å². The van der Waals surface area contributed by atoms with Crippen LogP contribution in [0.4, 0.5) is 0 Å². The second-order valence-corrected chi connectivity index (χ2v) is 4.19. The number of benzene rings is 2. The van der Waals surface area contributed by atoms with Crippen LogP contribution in [0.25, 0.3) is 10.8 Å². The SMILES string of the molecule is CC(Oc1ccc2ccccc2c1)[C@@H](C)N. The molecule has 84 valence electrons. The van der Waals surface area contributed by atoms with E-state index in [0.29, 0.717) is 0 Å². The number of fused-ring (bicyclic) bond motifs is 1. The van der Waals surface area contributed by atoms with Crippen LogP contribution in [-0.2, 0) is 0 Å². The van der Waals surface area contributed by atoms with E-state index in [1.807, 2.05) is 38.1 Å². The van der Waals surface area contributed by atoms with Gasteiger partial charge in [0, 0.05) is 6.04 Å². The summed E-state index contributed by atoms with van der Waals surface area (Å²) in [6.07, 6.45) is 0.0289. The van der Waals surface area contributed by atoms with Crippen molar-refractivity contribution >= 4 is 10.8 Å². The van der Waals surface area contributed by atoms with Gasteiger partial charge in [-0.25, -0.2) is 0 Å². The average Bonchev–Trinajstić information content (AvgIpc) is 2.28. The Bertz CT molecular complexity index is 479. The van der Waals surface area contributed by atoms with Gasteiger partial charge in [-0.1, -0.05) is 30.3 Å². The van der Waals surface area contributed by atoms with Gasteiger partial charge in [0.05, 0.1) is 0 Å². The van der Waals surface area contributed by atoms with E-state index in [1.54, 1.807) is 0 Å². The predicted molar refractivity (Wildman–Crippen MR) is 67.7 cm³/mol. The van der Waals surface area contributed by atoms with Gasteiger partial charge in [0.25, 0.3) is 0 Å². The summed E-state index contributed by atoms with van der Waals surface area (Å²) in [7, 11) is 0. The minimum absolute atomic E-state index is 0.0289. The zero-order valence-corrected chi connectivity index (χ0v) is 9.68. The van der Waals surface area contributed by atoms with Crippen LogP contribution < -0.4 is 10.5 Å². The van der Waals surface area contributed by atoms with Crippen LogP contribution in [0, 0.1) is 0 Å². The summed E-state index contributed by atoms with van der Waals surface area (Å²) in [5.41, 5.74) is 5.77. The van der Waals surface area contributed by atoms with Gasteiger partial charge >= 0.3 is 0 Å². The van der Waals surface area contributed by atoms with E-state index in [4.69, 9.17) is 10.5 Å². The molecule has 2 aromatic rings. The number of nitrogens with two attached hydrogens (primary N) is 1. The molecule has 0 saturated heterocycles. The number of ether oxygens (including phenoxy) is 1. The van der Waals surface area contributed by atoms with Gasteiger partial charge in [-0.15, -0.1) is 0 Å². The minimum atomic E-state index is 0.0289. The van der Waals surface area contributed by atoms with Gasteiger partial charge in [-0.2, -0.15) is 0 Å². The second kappa shape index (κ2) is 4.54. The molecule has 0 aromatic heterocycles. The molecule has 0 aliphatic rings. The van der Waals surface area contributed by atoms with Crippen molar-refractivity contribution in [3.05, 3.63) is 42.5 Å². The first-order valence-electron chi connectivity index (χ1n) is 5.58. The van der Waals surface area contributed by atoms with Crippen molar-refractivity contribution < 1.29 is 4.74 Å². The van der Waals surface area contributed by atoms with Crippen LogP contribution in [0.3, 0.4) is 0 Å². The second-order valence-electron chi connectivity index (χ2n) is 4.19. The lowest BCUT2D eigenvalue weighted by Gasteiger charge is -2.18. The molecule has 0 heterocycles. The third kappa shape index (κ3) is 2.34. The highest BCUT2D eigenvalue weighted by atomic mass is 16.5. The smallest absolute Gasteiger partial charge is 0.120 e. The third-order valence-corrected chi connectivity index (χ3v) is 2.78. The monoisotopic (exact) mass is 215 g/mol. The van der Waals surface area contributed by atoms with Crippen LogP contribution >= 0.6 is 0 Å². The lowest BCUT2D eigenvalue weighted by Crippen LogP contribution is -2.33. The summed E-state index contributed by atoms with van der Waals surface area (Å²) >= 11 is 0. The van der Waals surface area contributed by atoms with Crippen LogP contribution in [0.2, 0.25) is 0 Å². The van der Waals surface area contributed by atoms with Gasteiger partial charge in [0.1, 0.15) is 11.9 Å². The fraction of sp³-hybridized carbons (Fsp3) is 0.286. The lowest BCUT2D eigenvalue weighted by molar-refractivity contribution is 0.197. The Morgan fingerprint density at radius 2 is 1.69 bits per heavy atom. The molecule has 0 radical (unpaired) electrons. The molecule has 2 rings (SSSR count). The van der Waals surface area contributed by atoms with Crippen molar-refractivity contribution in [2.24, 2.45) is 5.73 Å². The van der Waals surface area contributed by atoms with E-state index >= 15 is 0 Å². The summed E-state index contributed by atoms with van der Waals surface area (Å²) in [6, 6.07) is 14.4. The first-order chi connectivity index (χ1) is 7.66. The molecule has 2 N–H and O–H groups in total. The largest absolute Gasteiger partial charge is 0.489 e. The summed E-state index contributed by atoms with van der Waals surface area (Å²) in [4.78, 5) is 0. The molecule has 0 fully saturated rings. The molecule has 0 saturated carbocycles. The Morgan fingerprint density at radius 3 is 2.38 bits per heavy atom. The summed E-state index contributed by atoms with van der Waals surface area (Å²) in [5.74, 6) is 0.878. The first-order valence-corrected chi connectivity index (χ1v) is 5.58. The van der Waals surface area contributed by atoms with E-state index in [2.05, 4.69) is 18.2 Å². The normalized spacial score (nSPS) is 14.7. The highest BCUT2D eigenvalue weighted by Crippen LogP contribution is 2.21. The highest BCUT2D eigenvalue weighted by Gasteiger charge is 2.08. The number of rotatable bonds is 3. The quantitative estimate of drug-likeness (QED) is 0.854. The Labute approximate surface area is 96.0 Å². The van der Waals surface area contributed by atoms with E-state index in [9.17, 15) is 0 Å². The van der Waals surface area contributed by atoms with Gasteiger partial charge in [-0.3, -0.25) is 0 Å². The van der Waals surface area contributed by atoms with Crippen molar-refractivity contribution in [2.45, 2.75) is 26.0 Å². The number of hydrogen-bond acceptors (Lipinski definition) is 2. The van der Waals surface area contributed by atoms with E-state index in [1.165, 1.54) is 10.8 Å². The van der Waals surface area contributed by atoms with E-state index in [-0.39, 0.29) is 12.1 Å². The fourth-order valence-electron chi connectivity index (χ4n) is 1.56. The summed E-state index contributed by atoms with van der Waals surface area (Å²) in [6.45, 7) is 3.94. The van der Waals surface area contributed by atoms with Crippen molar-refractivity contribution in [1.29, 1.82) is 0 Å². The number of hydrogen-bond donors (Lipinski definition) is 1. The molecule has 2 heteroatoms. The lowest BCUT2D eigenvalue weighted by atomic mass is 10.1. The third-order valence-electron chi connectivity index (χ3n) is 2.78. The van der Waals surface area contributed by atoms with Crippen LogP contribution in [0.5, 0.6) is 5.75 Å². The Hall–Kier alpha value is -1.54. The maximum absolute atomic E-state index is 5.77. The molecule has 16 heavy (non-hydrogen) atoms. The van der Waals surface area contributed by atoms with Gasteiger partial charge in [0.15, 0.2) is 0 Å². The molecule has 2 nitrogen and oxygen atoms in total. The molecule has 0 bridgehead atoms. The van der Waals surface area contributed by atoms with E-state index in [0.717, 1.165) is 5.75 Å². The molecule has 2 aromatic carbocycles. The molecule has 2 atom stereocenters. The fourth-order valence-corrected chi connectivity index (χ4v) is 1.56. The molecule has 0 aliphatic carbocycles.